The van der Waals surface area contributed by atoms with Gasteiger partial charge in [0.25, 0.3) is 0 Å². The Morgan fingerprint density at radius 3 is 0.375 bits per heavy atom. The third-order valence-electron chi connectivity index (χ3n) is 2.41. The second-order valence-electron chi connectivity index (χ2n) is 6.34. The van der Waals surface area contributed by atoms with Gasteiger partial charge < -0.3 is 22.9 Å². The summed E-state index contributed by atoms with van der Waals surface area (Å²) in [5.41, 5.74) is 14.7. The molecule has 0 amide bonds. The van der Waals surface area contributed by atoms with Crippen molar-refractivity contribution in [1.29, 1.82) is 0 Å². The number of quaternary nitrogens is 4. The van der Waals surface area contributed by atoms with Gasteiger partial charge in [-0.15, -0.1) is 0 Å². The first-order chi connectivity index (χ1) is 17.7. The van der Waals surface area contributed by atoms with Gasteiger partial charge in [0, 0.05) is 0 Å². The Morgan fingerprint density at radius 2 is 0.375 bits per heavy atom. The molecule has 40 heavy (non-hydrogen) atoms. The van der Waals surface area contributed by atoms with Gasteiger partial charge in [-0.05, 0) is 25.7 Å². The van der Waals surface area contributed by atoms with E-state index < -0.39 is 80.4 Å². The maximum absolute atomic E-state index is 8.62. The van der Waals surface area contributed by atoms with Crippen LogP contribution in [0.2, 0.25) is 0 Å². The van der Waals surface area contributed by atoms with Crippen LogP contribution in [0.5, 0.6) is 0 Å². The zero-order chi connectivity index (χ0) is 34.5. The maximum Gasteiger partial charge on any atom is 0.144 e. The molecule has 256 valence electrons. The van der Waals surface area contributed by atoms with Crippen LogP contribution in [0, 0.1) is 0 Å². The van der Waals surface area contributed by atoms with E-state index in [1.165, 1.54) is 51.4 Å². The highest BCUT2D eigenvalue weighted by molar-refractivity contribution is 4.23. The molecular formula is C16H48I4N4O16. The molecule has 0 saturated carbocycles. The molecule has 0 spiro atoms. The highest BCUT2D eigenvalue weighted by atomic mass is 127. The van der Waals surface area contributed by atoms with E-state index in [1.54, 1.807) is 0 Å². The smallest absolute Gasteiger partial charge is 0.144 e. The van der Waals surface area contributed by atoms with Crippen molar-refractivity contribution >= 4 is 0 Å². The molecule has 0 radical (unpaired) electrons. The molecule has 0 fully saturated rings. The molecule has 0 bridgehead atoms. The SMILES string of the molecule is CCCC[NH3+].CCCC[NH3+].CCCC[NH3+].CCCC[NH3+].[O-][I+3]([O-])([O-])[O-].[O-][I+3]([O-])([O-])[O-].[O-][I+3]([O-])([O-])[O-].[O-][I+3]([O-])([O-])[O-]. The van der Waals surface area contributed by atoms with Gasteiger partial charge in [-0.2, -0.15) is 0 Å². The Kier molecular flexibility index (Phi) is 69.7. The van der Waals surface area contributed by atoms with Crippen LogP contribution in [0.1, 0.15) is 79.1 Å². The van der Waals surface area contributed by atoms with E-state index in [0.717, 1.165) is 26.2 Å². The molecule has 0 saturated heterocycles. The van der Waals surface area contributed by atoms with Gasteiger partial charge in [0.2, 0.25) is 0 Å². The average Bonchev–Trinajstić information content (AvgIpc) is 2.67. The predicted molar refractivity (Wildman–Crippen MR) is 90.7 cm³/mol. The molecule has 0 aliphatic heterocycles. The third kappa shape index (κ3) is 600. The molecule has 0 aromatic rings. The summed E-state index contributed by atoms with van der Waals surface area (Å²) in [4.78, 5) is 0. The Bertz CT molecular complexity index is 299. The molecule has 0 unspecified atom stereocenters. The van der Waals surface area contributed by atoms with Crippen molar-refractivity contribution in [3.05, 3.63) is 0 Å². The van der Waals surface area contributed by atoms with Crippen LogP contribution < -0.4 is 158 Å². The number of hydrogen-bond donors (Lipinski definition) is 4. The van der Waals surface area contributed by atoms with Crippen LogP contribution in [-0.2, 0) is 0 Å². The first kappa shape index (κ1) is 61.2. The summed E-state index contributed by atoms with van der Waals surface area (Å²) in [6.45, 7) is 13.1. The molecule has 0 aromatic carbocycles. The Balaban J connectivity index is -0.0000000488. The second-order valence-corrected chi connectivity index (χ2v) is 15.0. The fraction of sp³-hybridized carbons (Fsp3) is 1.00. The average molecular weight is 1060 g/mol. The highest BCUT2D eigenvalue weighted by Gasteiger charge is 1.96. The summed E-state index contributed by atoms with van der Waals surface area (Å²) in [5.74, 6) is 0. The van der Waals surface area contributed by atoms with Crippen molar-refractivity contribution < 1.29 is 158 Å². The van der Waals surface area contributed by atoms with E-state index in [-0.39, 0.29) is 0 Å². The van der Waals surface area contributed by atoms with Gasteiger partial charge in [-0.1, -0.05) is 53.4 Å². The highest BCUT2D eigenvalue weighted by Crippen LogP contribution is 1.77. The van der Waals surface area contributed by atoms with Crippen LogP contribution >= 0.6 is 0 Å². The summed E-state index contributed by atoms with van der Waals surface area (Å²) < 4.78 is 138. The van der Waals surface area contributed by atoms with Gasteiger partial charge in [0.05, 0.1) is 26.2 Å². The number of unbranched alkanes of at least 4 members (excludes halogenated alkanes) is 4. The molecule has 0 atom stereocenters. The number of hydrogen-bond acceptors (Lipinski definition) is 16. The Morgan fingerprint density at radius 1 is 0.300 bits per heavy atom. The van der Waals surface area contributed by atoms with E-state index in [9.17, 15) is 0 Å². The minimum absolute atomic E-state index is 1.09. The number of halogens is 4. The molecular weight excluding hydrogens is 1010 g/mol. The minimum atomic E-state index is -5.94. The molecule has 0 heterocycles. The van der Waals surface area contributed by atoms with Crippen molar-refractivity contribution in [2.75, 3.05) is 26.2 Å². The van der Waals surface area contributed by atoms with Gasteiger partial charge in [-0.25, -0.2) is 0 Å². The van der Waals surface area contributed by atoms with Crippen LogP contribution in [0.25, 0.3) is 0 Å². The summed E-state index contributed by atoms with van der Waals surface area (Å²) in [7, 11) is 0. The zero-order valence-electron chi connectivity index (χ0n) is 23.4. The molecule has 0 rings (SSSR count). The van der Waals surface area contributed by atoms with Crippen LogP contribution in [0.3, 0.4) is 0 Å². The first-order valence-electron chi connectivity index (χ1n) is 11.3. The van der Waals surface area contributed by atoms with Crippen LogP contribution in [0.4, 0.5) is 0 Å². The quantitative estimate of drug-likeness (QED) is 0.164. The fourth-order valence-electron chi connectivity index (χ4n) is 1.000. The lowest BCUT2D eigenvalue weighted by Gasteiger charge is -2.08. The van der Waals surface area contributed by atoms with E-state index >= 15 is 0 Å². The normalized spacial score (nSPS) is 10.2. The molecule has 12 N–H and O–H groups in total. The fourth-order valence-corrected chi connectivity index (χ4v) is 1.000. The first-order valence-corrected chi connectivity index (χ1v) is 25.4. The summed E-state index contributed by atoms with van der Waals surface area (Å²) in [6.07, 6.45) is 10.2. The lowest BCUT2D eigenvalue weighted by Crippen LogP contribution is -4.29. The Hall–Kier alpha value is 2.12. The summed E-state index contributed by atoms with van der Waals surface area (Å²) in [6, 6.07) is 0. The standard InChI is InChI=1S/4C4H11N.4IO4/c4*1-2-3-4-5;4*2-1(3,4)5/h4*2-5H2,1H3;;;;/q;;;;4*-1/p+4. The number of rotatable bonds is 8. The molecule has 20 nitrogen and oxygen atoms in total. The van der Waals surface area contributed by atoms with Crippen molar-refractivity contribution in [2.45, 2.75) is 79.1 Å². The molecule has 0 aromatic heterocycles. The predicted octanol–water partition coefficient (Wildman–Crippen LogP) is -30.9. The van der Waals surface area contributed by atoms with Crippen molar-refractivity contribution in [1.82, 2.24) is 0 Å². The second kappa shape index (κ2) is 45.5. The largest absolute Gasteiger partial charge is 0.358 e. The third-order valence-corrected chi connectivity index (χ3v) is 2.41. The van der Waals surface area contributed by atoms with E-state index in [1.807, 2.05) is 0 Å². The van der Waals surface area contributed by atoms with Gasteiger partial charge in [0.1, 0.15) is 80.4 Å². The van der Waals surface area contributed by atoms with Crippen molar-refractivity contribution in [2.24, 2.45) is 0 Å². The van der Waals surface area contributed by atoms with E-state index in [4.69, 9.17) is 55.0 Å². The minimum Gasteiger partial charge on any atom is -0.358 e. The lowest BCUT2D eigenvalue weighted by molar-refractivity contribution is -2.00. The van der Waals surface area contributed by atoms with Crippen LogP contribution in [0.15, 0.2) is 0 Å². The lowest BCUT2D eigenvalue weighted by atomic mass is 10.3. The zero-order valence-corrected chi connectivity index (χ0v) is 32.0. The van der Waals surface area contributed by atoms with E-state index in [0.29, 0.717) is 0 Å². The van der Waals surface area contributed by atoms with Crippen molar-refractivity contribution in [3.63, 3.8) is 0 Å². The molecule has 0 aliphatic carbocycles. The van der Waals surface area contributed by atoms with Gasteiger partial charge in [0.15, 0.2) is 0 Å². The summed E-state index contributed by atoms with van der Waals surface area (Å²) >= 11 is -23.8. The monoisotopic (exact) mass is 1060 g/mol. The summed E-state index contributed by atoms with van der Waals surface area (Å²) in [5, 5.41) is 0. The topological polar surface area (TPSA) is 480 Å². The maximum atomic E-state index is 8.62. The van der Waals surface area contributed by atoms with Gasteiger partial charge in [-0.3, -0.25) is 55.0 Å². The molecule has 0 aliphatic rings. The van der Waals surface area contributed by atoms with Crippen molar-refractivity contribution in [3.8, 4) is 0 Å². The van der Waals surface area contributed by atoms with Crippen LogP contribution in [-0.4, -0.2) is 26.2 Å². The van der Waals surface area contributed by atoms with Gasteiger partial charge >= 0.3 is 0 Å². The Labute approximate surface area is 261 Å². The van der Waals surface area contributed by atoms with E-state index in [2.05, 4.69) is 50.6 Å². The molecule has 24 heteroatoms.